The van der Waals surface area contributed by atoms with Crippen molar-refractivity contribution in [3.63, 3.8) is 0 Å². The van der Waals surface area contributed by atoms with Gasteiger partial charge in [-0.25, -0.2) is 0 Å². The highest BCUT2D eigenvalue weighted by Crippen LogP contribution is 2.20. The van der Waals surface area contributed by atoms with E-state index in [1.807, 2.05) is 24.3 Å². The monoisotopic (exact) mass is 338 g/mol. The van der Waals surface area contributed by atoms with Gasteiger partial charge in [-0.05, 0) is 30.2 Å². The summed E-state index contributed by atoms with van der Waals surface area (Å²) in [5, 5.41) is 13.3. The first-order chi connectivity index (χ1) is 11.7. The lowest BCUT2D eigenvalue weighted by Gasteiger charge is -2.02. The van der Waals surface area contributed by atoms with Crippen molar-refractivity contribution in [3.05, 3.63) is 71.5 Å². The normalized spacial score (nSPS) is 11.1. The first-order valence-corrected chi connectivity index (χ1v) is 8.50. The predicted molar refractivity (Wildman–Crippen MR) is 96.7 cm³/mol. The van der Waals surface area contributed by atoms with Crippen LogP contribution in [0, 0.1) is 6.92 Å². The van der Waals surface area contributed by atoms with E-state index < -0.39 is 0 Å². The highest BCUT2D eigenvalue weighted by Gasteiger charge is 2.04. The van der Waals surface area contributed by atoms with E-state index in [1.54, 1.807) is 36.1 Å². The third-order valence-corrected chi connectivity index (χ3v) is 4.42. The molecule has 1 aromatic heterocycles. The minimum Gasteiger partial charge on any atom is -0.497 e. The third kappa shape index (κ3) is 4.23. The second kappa shape index (κ2) is 7.79. The lowest BCUT2D eigenvalue weighted by Crippen LogP contribution is -1.93. The second-order valence-electron chi connectivity index (χ2n) is 5.25. The van der Waals surface area contributed by atoms with E-state index in [2.05, 4.69) is 46.5 Å². The SMILES string of the molecule is COc1cccc(C=Nn2cnnc2SCc2ccc(C)cc2)c1. The third-order valence-electron chi connectivity index (χ3n) is 3.41. The zero-order valence-electron chi connectivity index (χ0n) is 13.6. The fourth-order valence-electron chi connectivity index (χ4n) is 2.08. The Morgan fingerprint density at radius 2 is 2.04 bits per heavy atom. The quantitative estimate of drug-likeness (QED) is 0.507. The molecule has 0 amide bonds. The molecule has 0 aliphatic carbocycles. The van der Waals surface area contributed by atoms with E-state index in [-0.39, 0.29) is 0 Å². The average molecular weight is 338 g/mol. The summed E-state index contributed by atoms with van der Waals surface area (Å²) in [6.45, 7) is 2.08. The molecule has 0 aliphatic rings. The Bertz CT molecular complexity index is 827. The summed E-state index contributed by atoms with van der Waals surface area (Å²) in [7, 11) is 1.65. The van der Waals surface area contributed by atoms with Crippen LogP contribution >= 0.6 is 11.8 Å². The van der Waals surface area contributed by atoms with Crippen molar-refractivity contribution in [2.45, 2.75) is 17.8 Å². The van der Waals surface area contributed by atoms with Gasteiger partial charge in [-0.3, -0.25) is 0 Å². The Kier molecular flexibility index (Phi) is 5.28. The van der Waals surface area contributed by atoms with E-state index in [4.69, 9.17) is 4.74 Å². The van der Waals surface area contributed by atoms with Gasteiger partial charge >= 0.3 is 0 Å². The van der Waals surface area contributed by atoms with Gasteiger partial charge in [0.2, 0.25) is 5.16 Å². The number of nitrogens with zero attached hydrogens (tertiary/aromatic N) is 4. The summed E-state index contributed by atoms with van der Waals surface area (Å²) in [6, 6.07) is 16.2. The van der Waals surface area contributed by atoms with Crippen molar-refractivity contribution in [2.75, 3.05) is 7.11 Å². The number of thioether (sulfide) groups is 1. The van der Waals surface area contributed by atoms with Gasteiger partial charge in [-0.1, -0.05) is 53.7 Å². The fourth-order valence-corrected chi connectivity index (χ4v) is 2.90. The van der Waals surface area contributed by atoms with Crippen molar-refractivity contribution in [1.82, 2.24) is 14.9 Å². The van der Waals surface area contributed by atoms with Crippen LogP contribution in [0.5, 0.6) is 5.75 Å². The molecule has 0 saturated carbocycles. The van der Waals surface area contributed by atoms with Crippen LogP contribution in [0.3, 0.4) is 0 Å². The van der Waals surface area contributed by atoms with Crippen LogP contribution in [0.15, 0.2) is 65.1 Å². The number of hydrogen-bond donors (Lipinski definition) is 0. The number of ether oxygens (including phenoxy) is 1. The van der Waals surface area contributed by atoms with Gasteiger partial charge in [0.25, 0.3) is 0 Å². The van der Waals surface area contributed by atoms with Gasteiger partial charge in [0, 0.05) is 5.75 Å². The standard InChI is InChI=1S/C18H18N4OS/c1-14-6-8-15(9-7-14)12-24-18-21-19-13-22(18)20-11-16-4-3-5-17(10-16)23-2/h3-11,13H,12H2,1-2H3. The molecule has 3 rings (SSSR count). The van der Waals surface area contributed by atoms with Crippen LogP contribution < -0.4 is 4.74 Å². The van der Waals surface area contributed by atoms with Crippen LogP contribution in [0.25, 0.3) is 0 Å². The van der Waals surface area contributed by atoms with Crippen molar-refractivity contribution < 1.29 is 4.74 Å². The summed E-state index contributed by atoms with van der Waals surface area (Å²) in [4.78, 5) is 0. The molecule has 0 radical (unpaired) electrons. The van der Waals surface area contributed by atoms with Crippen molar-refractivity contribution in [2.24, 2.45) is 5.10 Å². The average Bonchev–Trinajstić information content (AvgIpc) is 3.07. The summed E-state index contributed by atoms with van der Waals surface area (Å²) in [6.07, 6.45) is 3.37. The second-order valence-corrected chi connectivity index (χ2v) is 6.20. The lowest BCUT2D eigenvalue weighted by atomic mass is 10.2. The molecule has 6 heteroatoms. The molecule has 3 aromatic rings. The number of benzene rings is 2. The maximum absolute atomic E-state index is 5.21. The van der Waals surface area contributed by atoms with Gasteiger partial charge < -0.3 is 4.74 Å². The van der Waals surface area contributed by atoms with E-state index >= 15 is 0 Å². The molecule has 0 spiro atoms. The molecule has 0 N–H and O–H groups in total. The molecule has 0 unspecified atom stereocenters. The molecule has 1 heterocycles. The van der Waals surface area contributed by atoms with Crippen LogP contribution in [-0.2, 0) is 5.75 Å². The van der Waals surface area contributed by atoms with Crippen LogP contribution in [-0.4, -0.2) is 28.2 Å². The summed E-state index contributed by atoms with van der Waals surface area (Å²) in [5.41, 5.74) is 3.46. The van der Waals surface area contributed by atoms with E-state index in [0.29, 0.717) is 0 Å². The maximum atomic E-state index is 5.21. The Hall–Kier alpha value is -2.60. The van der Waals surface area contributed by atoms with Gasteiger partial charge in [0.05, 0.1) is 13.3 Å². The number of rotatable bonds is 6. The lowest BCUT2D eigenvalue weighted by molar-refractivity contribution is 0.414. The van der Waals surface area contributed by atoms with Crippen LogP contribution in [0.1, 0.15) is 16.7 Å². The zero-order valence-corrected chi connectivity index (χ0v) is 14.4. The van der Waals surface area contributed by atoms with E-state index in [9.17, 15) is 0 Å². The predicted octanol–water partition coefficient (Wildman–Crippen LogP) is 3.77. The Morgan fingerprint density at radius 1 is 1.21 bits per heavy atom. The Labute approximate surface area is 145 Å². The van der Waals surface area contributed by atoms with Crippen LogP contribution in [0.4, 0.5) is 0 Å². The maximum Gasteiger partial charge on any atom is 0.212 e. The Morgan fingerprint density at radius 3 is 2.83 bits per heavy atom. The number of aromatic nitrogens is 3. The van der Waals surface area contributed by atoms with Crippen molar-refractivity contribution in [1.29, 1.82) is 0 Å². The molecule has 0 bridgehead atoms. The van der Waals surface area contributed by atoms with E-state index in [1.165, 1.54) is 11.1 Å². The Balaban J connectivity index is 1.68. The molecule has 24 heavy (non-hydrogen) atoms. The summed E-state index contributed by atoms with van der Waals surface area (Å²) in [5.74, 6) is 1.63. The minimum atomic E-state index is 0.759. The first kappa shape index (κ1) is 16.3. The molecule has 122 valence electrons. The molecular weight excluding hydrogens is 320 g/mol. The first-order valence-electron chi connectivity index (χ1n) is 7.51. The largest absolute Gasteiger partial charge is 0.497 e. The van der Waals surface area contributed by atoms with Gasteiger partial charge in [-0.15, -0.1) is 10.2 Å². The molecule has 5 nitrogen and oxygen atoms in total. The molecule has 0 saturated heterocycles. The van der Waals surface area contributed by atoms with Gasteiger partial charge in [0.15, 0.2) is 0 Å². The highest BCUT2D eigenvalue weighted by molar-refractivity contribution is 7.98. The molecular formula is C18H18N4OS. The van der Waals surface area contributed by atoms with Crippen molar-refractivity contribution in [3.8, 4) is 5.75 Å². The minimum absolute atomic E-state index is 0.759. The number of hydrogen-bond acceptors (Lipinski definition) is 5. The summed E-state index contributed by atoms with van der Waals surface area (Å²) < 4.78 is 6.89. The zero-order chi connectivity index (χ0) is 16.8. The van der Waals surface area contributed by atoms with Crippen molar-refractivity contribution >= 4 is 18.0 Å². The summed E-state index contributed by atoms with van der Waals surface area (Å²) >= 11 is 1.61. The van der Waals surface area contributed by atoms with Gasteiger partial charge in [0.1, 0.15) is 12.1 Å². The molecule has 0 atom stereocenters. The highest BCUT2D eigenvalue weighted by atomic mass is 32.2. The molecule has 0 aliphatic heterocycles. The van der Waals surface area contributed by atoms with E-state index in [0.717, 1.165) is 22.2 Å². The molecule has 2 aromatic carbocycles. The molecule has 0 fully saturated rings. The fraction of sp³-hybridized carbons (Fsp3) is 0.167. The van der Waals surface area contributed by atoms with Crippen LogP contribution in [0.2, 0.25) is 0 Å². The number of aryl methyl sites for hydroxylation is 1. The van der Waals surface area contributed by atoms with Gasteiger partial charge in [-0.2, -0.15) is 9.78 Å². The topological polar surface area (TPSA) is 52.3 Å². The smallest absolute Gasteiger partial charge is 0.212 e. The number of methoxy groups -OCH3 is 1.